The van der Waals surface area contributed by atoms with Gasteiger partial charge in [-0.3, -0.25) is 19.2 Å². The molecule has 0 aromatic heterocycles. The van der Waals surface area contributed by atoms with Gasteiger partial charge in [0.15, 0.2) is 11.3 Å². The molecule has 0 aromatic rings. The lowest BCUT2D eigenvalue weighted by atomic mass is 9.78. The molecule has 1 N–H and O–H groups in total. The lowest BCUT2D eigenvalue weighted by Gasteiger charge is -2.27. The van der Waals surface area contributed by atoms with E-state index in [4.69, 9.17) is 14.6 Å². The summed E-state index contributed by atoms with van der Waals surface area (Å²) in [5.41, 5.74) is -0.664. The SMILES string of the molecule is COC(=O)C(CCC=C(C)CCC(CC=C/C=C/CO)(C(=O)OC)C(=O)OC)C(=O)OC. The minimum Gasteiger partial charge on any atom is -0.468 e. The molecule has 0 saturated heterocycles. The highest BCUT2D eigenvalue weighted by Crippen LogP contribution is 2.34. The van der Waals surface area contributed by atoms with Crippen LogP contribution < -0.4 is 0 Å². The van der Waals surface area contributed by atoms with Crippen molar-refractivity contribution in [3.63, 3.8) is 0 Å². The Labute approximate surface area is 189 Å². The van der Waals surface area contributed by atoms with Gasteiger partial charge in [-0.15, -0.1) is 0 Å². The van der Waals surface area contributed by atoms with E-state index in [2.05, 4.69) is 9.47 Å². The van der Waals surface area contributed by atoms with Gasteiger partial charge in [0.25, 0.3) is 0 Å². The van der Waals surface area contributed by atoms with E-state index in [9.17, 15) is 19.2 Å². The maximum Gasteiger partial charge on any atom is 0.323 e. The summed E-state index contributed by atoms with van der Waals surface area (Å²) in [6.07, 6.45) is 9.38. The Bertz CT molecular complexity index is 687. The summed E-state index contributed by atoms with van der Waals surface area (Å²) >= 11 is 0. The van der Waals surface area contributed by atoms with Gasteiger partial charge in [0.1, 0.15) is 0 Å². The topological polar surface area (TPSA) is 125 Å². The molecule has 0 aliphatic heterocycles. The molecule has 0 radical (unpaired) electrons. The van der Waals surface area contributed by atoms with Gasteiger partial charge >= 0.3 is 23.9 Å². The van der Waals surface area contributed by atoms with Crippen LogP contribution in [0.2, 0.25) is 0 Å². The second kappa shape index (κ2) is 15.8. The van der Waals surface area contributed by atoms with Crippen molar-refractivity contribution < 1.29 is 43.2 Å². The summed E-state index contributed by atoms with van der Waals surface area (Å²) in [5, 5.41) is 8.79. The van der Waals surface area contributed by atoms with Gasteiger partial charge in [0.05, 0.1) is 35.0 Å². The van der Waals surface area contributed by atoms with Crippen LogP contribution in [0.25, 0.3) is 0 Å². The molecule has 0 atom stereocenters. The number of carbonyl (C=O) groups excluding carboxylic acids is 4. The zero-order valence-electron chi connectivity index (χ0n) is 19.4. The molecule has 0 fully saturated rings. The number of aliphatic hydroxyl groups excluding tert-OH is 1. The van der Waals surface area contributed by atoms with Crippen LogP contribution in [0.15, 0.2) is 36.0 Å². The Morgan fingerprint density at radius 2 is 1.41 bits per heavy atom. The predicted octanol–water partition coefficient (Wildman–Crippen LogP) is 2.28. The Kier molecular flexibility index (Phi) is 14.3. The zero-order chi connectivity index (χ0) is 24.6. The van der Waals surface area contributed by atoms with E-state index in [1.165, 1.54) is 34.5 Å². The highest BCUT2D eigenvalue weighted by Gasteiger charge is 2.47. The van der Waals surface area contributed by atoms with E-state index in [1.807, 2.05) is 13.0 Å². The van der Waals surface area contributed by atoms with E-state index in [-0.39, 0.29) is 25.9 Å². The van der Waals surface area contributed by atoms with Crippen molar-refractivity contribution in [3.8, 4) is 0 Å². The van der Waals surface area contributed by atoms with Crippen LogP contribution in [0.3, 0.4) is 0 Å². The van der Waals surface area contributed by atoms with Crippen LogP contribution in [-0.2, 0) is 38.1 Å². The summed E-state index contributed by atoms with van der Waals surface area (Å²) in [6, 6.07) is 0. The maximum atomic E-state index is 12.5. The number of rotatable bonds is 14. The highest BCUT2D eigenvalue weighted by atomic mass is 16.6. The molecule has 0 amide bonds. The first-order chi connectivity index (χ1) is 15.2. The van der Waals surface area contributed by atoms with Gasteiger partial charge in [0.2, 0.25) is 0 Å². The number of carbonyl (C=O) groups is 4. The first-order valence-corrected chi connectivity index (χ1v) is 10.1. The van der Waals surface area contributed by atoms with Crippen molar-refractivity contribution in [3.05, 3.63) is 36.0 Å². The van der Waals surface area contributed by atoms with Gasteiger partial charge in [-0.25, -0.2) is 0 Å². The first kappa shape index (κ1) is 29.1. The van der Waals surface area contributed by atoms with Gasteiger partial charge in [0, 0.05) is 0 Å². The number of allylic oxidation sites excluding steroid dienone is 5. The van der Waals surface area contributed by atoms with Crippen molar-refractivity contribution in [1.82, 2.24) is 0 Å². The molecule has 180 valence electrons. The van der Waals surface area contributed by atoms with E-state index in [0.29, 0.717) is 12.8 Å². The van der Waals surface area contributed by atoms with Gasteiger partial charge in [-0.1, -0.05) is 36.0 Å². The van der Waals surface area contributed by atoms with E-state index >= 15 is 0 Å². The summed E-state index contributed by atoms with van der Waals surface area (Å²) in [6.45, 7) is 1.70. The third-order valence-corrected chi connectivity index (χ3v) is 4.97. The second-order valence-electron chi connectivity index (χ2n) is 7.04. The number of esters is 4. The van der Waals surface area contributed by atoms with Gasteiger partial charge in [-0.2, -0.15) is 0 Å². The standard InChI is InChI=1S/C23H34O9/c1-17(11-10-12-18(19(25)29-2)20(26)30-3)13-15-23(21(27)31-4,22(28)32-5)14-8-6-7-9-16-24/h6-9,11,18,24H,10,12-16H2,1-5H3/b8-6?,9-7+,17-11?. The van der Waals surface area contributed by atoms with Crippen LogP contribution in [0, 0.1) is 11.3 Å². The van der Waals surface area contributed by atoms with Crippen molar-refractivity contribution >= 4 is 23.9 Å². The molecule has 9 heteroatoms. The molecule has 0 saturated carbocycles. The fraction of sp³-hybridized carbons (Fsp3) is 0.565. The second-order valence-corrected chi connectivity index (χ2v) is 7.04. The number of methoxy groups -OCH3 is 4. The fourth-order valence-electron chi connectivity index (χ4n) is 3.06. The minimum absolute atomic E-state index is 0.0577. The molecule has 0 spiro atoms. The summed E-state index contributed by atoms with van der Waals surface area (Å²) in [5.74, 6) is -3.76. The summed E-state index contributed by atoms with van der Waals surface area (Å²) in [4.78, 5) is 48.6. The Morgan fingerprint density at radius 1 is 0.875 bits per heavy atom. The predicted molar refractivity (Wildman–Crippen MR) is 116 cm³/mol. The monoisotopic (exact) mass is 454 g/mol. The highest BCUT2D eigenvalue weighted by molar-refractivity contribution is 6.00. The molecule has 0 bridgehead atoms. The summed E-state index contributed by atoms with van der Waals surface area (Å²) in [7, 11) is 4.81. The minimum atomic E-state index is -1.53. The molecule has 0 rings (SSSR count). The average molecular weight is 455 g/mol. The van der Waals surface area contributed by atoms with Crippen molar-refractivity contribution in [2.75, 3.05) is 35.0 Å². The third kappa shape index (κ3) is 9.05. The molecule has 32 heavy (non-hydrogen) atoms. The third-order valence-electron chi connectivity index (χ3n) is 4.97. The number of hydrogen-bond donors (Lipinski definition) is 1. The van der Waals surface area contributed by atoms with E-state index in [1.54, 1.807) is 18.2 Å². The molecular weight excluding hydrogens is 420 g/mol. The first-order valence-electron chi connectivity index (χ1n) is 10.1. The van der Waals surface area contributed by atoms with Gasteiger partial charge in [-0.05, 0) is 39.0 Å². The van der Waals surface area contributed by atoms with Crippen LogP contribution in [0.5, 0.6) is 0 Å². The van der Waals surface area contributed by atoms with Crippen molar-refractivity contribution in [1.29, 1.82) is 0 Å². The van der Waals surface area contributed by atoms with Crippen molar-refractivity contribution in [2.24, 2.45) is 11.3 Å². The molecule has 0 heterocycles. The fourth-order valence-corrected chi connectivity index (χ4v) is 3.06. The quantitative estimate of drug-likeness (QED) is 0.138. The average Bonchev–Trinajstić information content (AvgIpc) is 2.81. The number of hydrogen-bond acceptors (Lipinski definition) is 9. The molecular formula is C23H34O9. The molecule has 0 aromatic carbocycles. The lowest BCUT2D eigenvalue weighted by Crippen LogP contribution is -2.41. The van der Waals surface area contributed by atoms with Crippen LogP contribution >= 0.6 is 0 Å². The molecule has 9 nitrogen and oxygen atoms in total. The Morgan fingerprint density at radius 3 is 1.88 bits per heavy atom. The van der Waals surface area contributed by atoms with E-state index < -0.39 is 35.2 Å². The van der Waals surface area contributed by atoms with Gasteiger partial charge < -0.3 is 24.1 Å². The van der Waals surface area contributed by atoms with Crippen LogP contribution in [0.4, 0.5) is 0 Å². The molecule has 0 unspecified atom stereocenters. The smallest absolute Gasteiger partial charge is 0.323 e. The zero-order valence-corrected chi connectivity index (χ0v) is 19.4. The van der Waals surface area contributed by atoms with Crippen LogP contribution in [0.1, 0.15) is 39.0 Å². The molecule has 0 aliphatic rings. The number of aliphatic hydroxyl groups is 1. The lowest BCUT2D eigenvalue weighted by molar-refractivity contribution is -0.169. The number of ether oxygens (including phenoxy) is 4. The summed E-state index contributed by atoms with van der Waals surface area (Å²) < 4.78 is 19.0. The largest absolute Gasteiger partial charge is 0.468 e. The van der Waals surface area contributed by atoms with E-state index in [0.717, 1.165) is 5.57 Å². The normalized spacial score (nSPS) is 12.3. The van der Waals surface area contributed by atoms with Crippen molar-refractivity contribution in [2.45, 2.75) is 39.0 Å². The Hall–Kier alpha value is -2.94. The Balaban J connectivity index is 5.39. The maximum absolute atomic E-state index is 12.5. The van der Waals surface area contributed by atoms with Crippen LogP contribution in [-0.4, -0.2) is 64.0 Å². The molecule has 0 aliphatic carbocycles.